The molecule has 0 fully saturated rings. The molecule has 0 spiro atoms. The van der Waals surface area contributed by atoms with Crippen molar-refractivity contribution in [3.05, 3.63) is 58.4 Å². The highest BCUT2D eigenvalue weighted by molar-refractivity contribution is 6.00. The highest BCUT2D eigenvalue weighted by Crippen LogP contribution is 2.24. The van der Waals surface area contributed by atoms with E-state index in [1.165, 1.54) is 0 Å². The Labute approximate surface area is 158 Å². The molecule has 7 nitrogen and oxygen atoms in total. The van der Waals surface area contributed by atoms with Crippen LogP contribution in [0.2, 0.25) is 0 Å². The van der Waals surface area contributed by atoms with E-state index in [2.05, 4.69) is 11.1 Å². The Kier molecular flexibility index (Phi) is 7.29. The van der Waals surface area contributed by atoms with Gasteiger partial charge in [0.25, 0.3) is 5.91 Å². The van der Waals surface area contributed by atoms with Gasteiger partial charge in [0.2, 0.25) is 6.41 Å². The molecule has 142 valence electrons. The molecule has 7 heteroatoms. The van der Waals surface area contributed by atoms with Crippen LogP contribution in [0.4, 0.5) is 0 Å². The number of H-pyrrole nitrogens is 1. The van der Waals surface area contributed by atoms with Crippen LogP contribution in [0.25, 0.3) is 0 Å². The Balaban J connectivity index is 2.27. The standard InChI is InChI=1S/C20H23N3O4/c1-4-26-20(27-5-2)18-15(11-21)10-16(22-18)12-23(13-24)19(25)17-9-7-6-8-14(17)3/h6-10,13,20,22H,4-5,12H2,1-3H3. The summed E-state index contributed by atoms with van der Waals surface area (Å²) in [7, 11) is 0. The van der Waals surface area contributed by atoms with E-state index < -0.39 is 12.2 Å². The number of hydrogen-bond donors (Lipinski definition) is 1. The summed E-state index contributed by atoms with van der Waals surface area (Å²) < 4.78 is 11.1. The predicted molar refractivity (Wildman–Crippen MR) is 98.6 cm³/mol. The normalized spacial score (nSPS) is 10.6. The summed E-state index contributed by atoms with van der Waals surface area (Å²) in [5.74, 6) is -0.399. The molecule has 2 amide bonds. The van der Waals surface area contributed by atoms with E-state index in [0.29, 0.717) is 42.1 Å². The summed E-state index contributed by atoms with van der Waals surface area (Å²) in [4.78, 5) is 28.3. The average molecular weight is 369 g/mol. The van der Waals surface area contributed by atoms with E-state index >= 15 is 0 Å². The van der Waals surface area contributed by atoms with Gasteiger partial charge in [0, 0.05) is 24.5 Å². The molecule has 0 atom stereocenters. The number of hydrogen-bond acceptors (Lipinski definition) is 5. The maximum atomic E-state index is 12.7. The number of carbonyl (C=O) groups is 2. The Bertz CT molecular complexity index is 832. The van der Waals surface area contributed by atoms with Crippen molar-refractivity contribution in [2.24, 2.45) is 0 Å². The van der Waals surface area contributed by atoms with Crippen molar-refractivity contribution >= 4 is 12.3 Å². The number of amides is 2. The molecule has 27 heavy (non-hydrogen) atoms. The van der Waals surface area contributed by atoms with E-state index in [4.69, 9.17) is 9.47 Å². The largest absolute Gasteiger partial charge is 0.355 e. The average Bonchev–Trinajstić information content (AvgIpc) is 3.08. The number of nitrogens with zero attached hydrogens (tertiary/aromatic N) is 2. The van der Waals surface area contributed by atoms with Gasteiger partial charge in [-0.1, -0.05) is 18.2 Å². The van der Waals surface area contributed by atoms with Gasteiger partial charge in [0.05, 0.1) is 17.8 Å². The SMILES string of the molecule is CCOC(OCC)c1[nH]c(CN(C=O)C(=O)c2ccccc2C)cc1C#N. The molecular weight excluding hydrogens is 346 g/mol. The first-order chi connectivity index (χ1) is 13.0. The number of nitrogens with one attached hydrogen (secondary N) is 1. The third kappa shape index (κ3) is 4.82. The fourth-order valence-corrected chi connectivity index (χ4v) is 2.72. The van der Waals surface area contributed by atoms with E-state index in [9.17, 15) is 14.9 Å². The van der Waals surface area contributed by atoms with Gasteiger partial charge in [-0.25, -0.2) is 0 Å². The molecule has 1 aromatic carbocycles. The van der Waals surface area contributed by atoms with Crippen molar-refractivity contribution in [1.29, 1.82) is 5.26 Å². The van der Waals surface area contributed by atoms with Crippen LogP contribution in [0, 0.1) is 18.3 Å². The summed E-state index contributed by atoms with van der Waals surface area (Å²) in [5.41, 5.74) is 2.61. The summed E-state index contributed by atoms with van der Waals surface area (Å²) >= 11 is 0. The van der Waals surface area contributed by atoms with Gasteiger partial charge in [-0.05, 0) is 38.5 Å². The molecule has 2 aromatic rings. The lowest BCUT2D eigenvalue weighted by molar-refractivity contribution is -0.142. The molecule has 0 aliphatic carbocycles. The smallest absolute Gasteiger partial charge is 0.260 e. The number of nitriles is 1. The molecule has 0 saturated heterocycles. The van der Waals surface area contributed by atoms with Crippen molar-refractivity contribution in [1.82, 2.24) is 9.88 Å². The highest BCUT2D eigenvalue weighted by Gasteiger charge is 2.22. The van der Waals surface area contributed by atoms with Crippen LogP contribution >= 0.6 is 0 Å². The van der Waals surface area contributed by atoms with Gasteiger partial charge < -0.3 is 14.5 Å². The van der Waals surface area contributed by atoms with Crippen LogP contribution in [0.15, 0.2) is 30.3 Å². The van der Waals surface area contributed by atoms with Crippen molar-refractivity contribution in [2.75, 3.05) is 13.2 Å². The summed E-state index contributed by atoms with van der Waals surface area (Å²) in [5, 5.41) is 9.40. The fraction of sp³-hybridized carbons (Fsp3) is 0.350. The monoisotopic (exact) mass is 369 g/mol. The first kappa shape index (κ1) is 20.4. The number of imide groups is 1. The minimum absolute atomic E-state index is 0.0102. The zero-order valence-electron chi connectivity index (χ0n) is 15.7. The molecule has 2 rings (SSSR count). The van der Waals surface area contributed by atoms with E-state index in [1.54, 1.807) is 18.2 Å². The van der Waals surface area contributed by atoms with Gasteiger partial charge >= 0.3 is 0 Å². The zero-order chi connectivity index (χ0) is 19.8. The van der Waals surface area contributed by atoms with Gasteiger partial charge in [-0.2, -0.15) is 5.26 Å². The fourth-order valence-electron chi connectivity index (χ4n) is 2.72. The number of benzene rings is 1. The van der Waals surface area contributed by atoms with Crippen LogP contribution in [0.1, 0.15) is 53.0 Å². The highest BCUT2D eigenvalue weighted by atomic mass is 16.7. The van der Waals surface area contributed by atoms with Crippen LogP contribution in [-0.4, -0.2) is 35.4 Å². The number of carbonyl (C=O) groups excluding carboxylic acids is 2. The maximum absolute atomic E-state index is 12.7. The van der Waals surface area contributed by atoms with Crippen molar-refractivity contribution in [2.45, 2.75) is 33.6 Å². The summed E-state index contributed by atoms with van der Waals surface area (Å²) in [6.07, 6.45) is -0.218. The lowest BCUT2D eigenvalue weighted by Crippen LogP contribution is -2.29. The second kappa shape index (κ2) is 9.67. The second-order valence-corrected chi connectivity index (χ2v) is 5.83. The number of rotatable bonds is 9. The molecule has 0 bridgehead atoms. The molecule has 1 aromatic heterocycles. The number of aromatic amines is 1. The van der Waals surface area contributed by atoms with Crippen LogP contribution in [0.5, 0.6) is 0 Å². The van der Waals surface area contributed by atoms with E-state index in [0.717, 1.165) is 10.5 Å². The van der Waals surface area contributed by atoms with E-state index in [1.807, 2.05) is 32.9 Å². The topological polar surface area (TPSA) is 95.4 Å². The van der Waals surface area contributed by atoms with Gasteiger partial charge in [-0.3, -0.25) is 14.5 Å². The second-order valence-electron chi connectivity index (χ2n) is 5.83. The Morgan fingerprint density at radius 2 is 1.96 bits per heavy atom. The molecule has 0 saturated carbocycles. The maximum Gasteiger partial charge on any atom is 0.260 e. The predicted octanol–water partition coefficient (Wildman–Crippen LogP) is 3.07. The summed E-state index contributed by atoms with van der Waals surface area (Å²) in [6, 6.07) is 10.8. The van der Waals surface area contributed by atoms with Gasteiger partial charge in [0.1, 0.15) is 6.07 Å². The first-order valence-electron chi connectivity index (χ1n) is 8.72. The molecule has 0 aliphatic heterocycles. The minimum atomic E-state index is -0.708. The van der Waals surface area contributed by atoms with Crippen molar-refractivity contribution in [3.63, 3.8) is 0 Å². The third-order valence-corrected chi connectivity index (χ3v) is 4.00. The lowest BCUT2D eigenvalue weighted by atomic mass is 10.1. The molecule has 1 N–H and O–H groups in total. The van der Waals surface area contributed by atoms with Crippen molar-refractivity contribution in [3.8, 4) is 6.07 Å². The Morgan fingerprint density at radius 1 is 1.30 bits per heavy atom. The summed E-state index contributed by atoms with van der Waals surface area (Å²) in [6.45, 7) is 6.31. The third-order valence-electron chi connectivity index (χ3n) is 4.00. The Hall–Kier alpha value is -2.95. The van der Waals surface area contributed by atoms with Gasteiger partial charge in [-0.15, -0.1) is 0 Å². The van der Waals surface area contributed by atoms with E-state index in [-0.39, 0.29) is 6.54 Å². The molecule has 1 heterocycles. The van der Waals surface area contributed by atoms with Crippen LogP contribution < -0.4 is 0 Å². The Morgan fingerprint density at radius 3 is 2.52 bits per heavy atom. The van der Waals surface area contributed by atoms with Gasteiger partial charge in [0.15, 0.2) is 6.29 Å². The van der Waals surface area contributed by atoms with Crippen molar-refractivity contribution < 1.29 is 19.1 Å². The minimum Gasteiger partial charge on any atom is -0.355 e. The zero-order valence-corrected chi connectivity index (χ0v) is 15.7. The molecule has 0 unspecified atom stereocenters. The number of ether oxygens (including phenoxy) is 2. The molecule has 0 aliphatic rings. The number of aryl methyl sites for hydroxylation is 1. The molecule has 0 radical (unpaired) electrons. The number of aromatic nitrogens is 1. The molecular formula is C20H23N3O4. The van der Waals surface area contributed by atoms with Crippen LogP contribution in [-0.2, 0) is 20.8 Å². The lowest BCUT2D eigenvalue weighted by Gasteiger charge is -2.17. The first-order valence-corrected chi connectivity index (χ1v) is 8.72. The quantitative estimate of drug-likeness (QED) is 0.541. The van der Waals surface area contributed by atoms with Crippen LogP contribution in [0.3, 0.4) is 0 Å².